The molecule has 0 saturated carbocycles. The third kappa shape index (κ3) is 3.41. The highest BCUT2D eigenvalue weighted by Crippen LogP contribution is 2.44. The number of carbonyl (C=O) groups excluding carboxylic acids is 1. The smallest absolute Gasteiger partial charge is 0.234 e. The van der Waals surface area contributed by atoms with Crippen molar-refractivity contribution >= 4 is 32.6 Å². The fraction of sp³-hybridized carbons (Fsp3) is 0.200. The van der Waals surface area contributed by atoms with Crippen LogP contribution in [0.2, 0.25) is 0 Å². The van der Waals surface area contributed by atoms with Crippen molar-refractivity contribution in [1.82, 2.24) is 9.88 Å². The summed E-state index contributed by atoms with van der Waals surface area (Å²) in [7, 11) is 0. The van der Waals surface area contributed by atoms with Gasteiger partial charge in [0.25, 0.3) is 0 Å². The molecule has 166 valence electrons. The molecular weight excluding hydrogens is 444 g/mol. The van der Waals surface area contributed by atoms with E-state index in [1.54, 1.807) is 0 Å². The third-order valence-electron chi connectivity index (χ3n) is 6.19. The quantitative estimate of drug-likeness (QED) is 0.412. The SMILES string of the molecule is O=C(C1c2ccccc2Oc2ccccc21)N1CCN(c2nc3c(F)cc(F)cc3s2)CC1. The van der Waals surface area contributed by atoms with E-state index in [0.29, 0.717) is 47.5 Å². The molecule has 2 aliphatic rings. The Morgan fingerprint density at radius 2 is 1.58 bits per heavy atom. The van der Waals surface area contributed by atoms with Crippen LogP contribution in [0.3, 0.4) is 0 Å². The number of thiazole rings is 1. The average Bonchev–Trinajstić information content (AvgIpc) is 3.27. The van der Waals surface area contributed by atoms with Crippen LogP contribution >= 0.6 is 11.3 Å². The van der Waals surface area contributed by atoms with Crippen LogP contribution in [0.5, 0.6) is 11.5 Å². The van der Waals surface area contributed by atoms with Crippen LogP contribution in [0.4, 0.5) is 13.9 Å². The van der Waals surface area contributed by atoms with Gasteiger partial charge in [-0.2, -0.15) is 0 Å². The molecule has 3 heterocycles. The lowest BCUT2D eigenvalue weighted by atomic mass is 9.86. The van der Waals surface area contributed by atoms with Crippen molar-refractivity contribution in [3.05, 3.63) is 83.4 Å². The number of benzene rings is 3. The van der Waals surface area contributed by atoms with Gasteiger partial charge in [-0.15, -0.1) is 0 Å². The third-order valence-corrected chi connectivity index (χ3v) is 7.25. The molecule has 4 aromatic rings. The molecule has 0 N–H and O–H groups in total. The Bertz CT molecular complexity index is 1340. The van der Waals surface area contributed by atoms with Gasteiger partial charge in [-0.25, -0.2) is 13.8 Å². The summed E-state index contributed by atoms with van der Waals surface area (Å²) in [5, 5.41) is 0.642. The minimum atomic E-state index is -0.654. The van der Waals surface area contributed by atoms with E-state index in [4.69, 9.17) is 4.74 Å². The lowest BCUT2D eigenvalue weighted by molar-refractivity contribution is -0.132. The van der Waals surface area contributed by atoms with Crippen LogP contribution in [-0.2, 0) is 4.79 Å². The van der Waals surface area contributed by atoms with Crippen LogP contribution in [0.25, 0.3) is 10.2 Å². The molecular formula is C25H19F2N3O2S. The van der Waals surface area contributed by atoms with E-state index in [1.165, 1.54) is 17.4 Å². The van der Waals surface area contributed by atoms with Crippen molar-refractivity contribution in [2.45, 2.75) is 5.92 Å². The largest absolute Gasteiger partial charge is 0.457 e. The van der Waals surface area contributed by atoms with Gasteiger partial charge in [0.15, 0.2) is 10.9 Å². The Balaban J connectivity index is 1.24. The van der Waals surface area contributed by atoms with E-state index >= 15 is 0 Å². The van der Waals surface area contributed by atoms with E-state index in [-0.39, 0.29) is 11.4 Å². The molecule has 0 unspecified atom stereocenters. The van der Waals surface area contributed by atoms with E-state index in [2.05, 4.69) is 4.98 Å². The van der Waals surface area contributed by atoms with E-state index in [1.807, 2.05) is 58.3 Å². The van der Waals surface area contributed by atoms with Gasteiger partial charge in [0.1, 0.15) is 22.8 Å². The number of ether oxygens (including phenoxy) is 1. The number of halogens is 2. The fourth-order valence-corrected chi connectivity index (χ4v) is 5.61. The number of hydrogen-bond donors (Lipinski definition) is 0. The minimum absolute atomic E-state index is 0.0373. The topological polar surface area (TPSA) is 45.7 Å². The summed E-state index contributed by atoms with van der Waals surface area (Å²) in [6.07, 6.45) is 0. The highest BCUT2D eigenvalue weighted by Gasteiger charge is 2.36. The molecule has 1 fully saturated rings. The van der Waals surface area contributed by atoms with Crippen LogP contribution in [-0.4, -0.2) is 42.0 Å². The Kier molecular flexibility index (Phi) is 4.76. The van der Waals surface area contributed by atoms with Gasteiger partial charge in [-0.1, -0.05) is 47.7 Å². The molecule has 0 radical (unpaired) electrons. The van der Waals surface area contributed by atoms with E-state index < -0.39 is 17.6 Å². The van der Waals surface area contributed by atoms with Crippen molar-refractivity contribution in [3.63, 3.8) is 0 Å². The lowest BCUT2D eigenvalue weighted by Gasteiger charge is -2.37. The van der Waals surface area contributed by atoms with Crippen LogP contribution < -0.4 is 9.64 Å². The normalized spacial score (nSPS) is 15.8. The second-order valence-corrected chi connectivity index (χ2v) is 9.16. The number of hydrogen-bond acceptors (Lipinski definition) is 5. The standard InChI is InChI=1S/C25H19F2N3O2S/c26-15-13-18(27)23-21(14-15)33-25(28-23)30-11-9-29(10-12-30)24(31)22-16-5-1-3-7-19(16)32-20-8-4-2-6-17(20)22/h1-8,13-14,22H,9-12H2. The molecule has 33 heavy (non-hydrogen) atoms. The van der Waals surface area contributed by atoms with Gasteiger partial charge < -0.3 is 14.5 Å². The molecule has 0 atom stereocenters. The molecule has 0 bridgehead atoms. The molecule has 8 heteroatoms. The maximum atomic E-state index is 14.1. The number of anilines is 1. The molecule has 1 amide bonds. The zero-order valence-electron chi connectivity index (χ0n) is 17.5. The Morgan fingerprint density at radius 1 is 0.939 bits per heavy atom. The second kappa shape index (κ2) is 7.81. The van der Waals surface area contributed by atoms with Crippen molar-refractivity contribution < 1.29 is 18.3 Å². The first kappa shape index (κ1) is 20.1. The maximum absolute atomic E-state index is 14.1. The lowest BCUT2D eigenvalue weighted by Crippen LogP contribution is -2.50. The van der Waals surface area contributed by atoms with Gasteiger partial charge >= 0.3 is 0 Å². The summed E-state index contributed by atoms with van der Waals surface area (Å²) in [6.45, 7) is 2.19. The van der Waals surface area contributed by atoms with E-state index in [0.717, 1.165) is 17.2 Å². The van der Waals surface area contributed by atoms with Crippen LogP contribution in [0.15, 0.2) is 60.7 Å². The van der Waals surface area contributed by atoms with Crippen molar-refractivity contribution in [1.29, 1.82) is 0 Å². The maximum Gasteiger partial charge on any atom is 0.234 e. The van der Waals surface area contributed by atoms with Gasteiger partial charge in [0.2, 0.25) is 5.91 Å². The number of carbonyl (C=O) groups is 1. The fourth-order valence-electron chi connectivity index (χ4n) is 4.56. The predicted octanol–water partition coefficient (Wildman–Crippen LogP) is 5.16. The molecule has 0 aliphatic carbocycles. The van der Waals surface area contributed by atoms with E-state index in [9.17, 15) is 13.6 Å². The van der Waals surface area contributed by atoms with Gasteiger partial charge in [0, 0.05) is 43.4 Å². The Labute approximate surface area is 192 Å². The monoisotopic (exact) mass is 463 g/mol. The summed E-state index contributed by atoms with van der Waals surface area (Å²) in [4.78, 5) is 22.0. The molecule has 1 aromatic heterocycles. The molecule has 1 saturated heterocycles. The minimum Gasteiger partial charge on any atom is -0.457 e. The molecule has 2 aliphatic heterocycles. The number of nitrogens with zero attached hydrogens (tertiary/aromatic N) is 3. The Hall–Kier alpha value is -3.52. The van der Waals surface area contributed by atoms with Crippen molar-refractivity contribution in [2.24, 2.45) is 0 Å². The van der Waals surface area contributed by atoms with Crippen LogP contribution in [0, 0.1) is 11.6 Å². The van der Waals surface area contributed by atoms with Gasteiger partial charge in [0.05, 0.1) is 10.6 Å². The van der Waals surface area contributed by atoms with Gasteiger partial charge in [-0.3, -0.25) is 4.79 Å². The van der Waals surface area contributed by atoms with Crippen molar-refractivity contribution in [3.8, 4) is 11.5 Å². The highest BCUT2D eigenvalue weighted by molar-refractivity contribution is 7.22. The number of rotatable bonds is 2. The summed E-state index contributed by atoms with van der Waals surface area (Å²) < 4.78 is 34.1. The predicted molar refractivity (Wildman–Crippen MR) is 123 cm³/mol. The molecule has 0 spiro atoms. The highest BCUT2D eigenvalue weighted by atomic mass is 32.1. The average molecular weight is 464 g/mol. The molecule has 3 aromatic carbocycles. The molecule has 6 rings (SSSR count). The summed E-state index contributed by atoms with van der Waals surface area (Å²) in [6, 6.07) is 17.5. The van der Waals surface area contributed by atoms with Crippen LogP contribution in [0.1, 0.15) is 17.0 Å². The first-order valence-corrected chi connectivity index (χ1v) is 11.5. The molecule has 5 nitrogen and oxygen atoms in total. The number of amides is 1. The Morgan fingerprint density at radius 3 is 2.24 bits per heavy atom. The zero-order chi connectivity index (χ0) is 22.5. The second-order valence-electron chi connectivity index (χ2n) is 8.15. The van der Waals surface area contributed by atoms with Crippen molar-refractivity contribution in [2.75, 3.05) is 31.1 Å². The summed E-state index contributed by atoms with van der Waals surface area (Å²) >= 11 is 1.27. The number of piperazine rings is 1. The van der Waals surface area contributed by atoms with Gasteiger partial charge in [-0.05, 0) is 18.2 Å². The first-order valence-electron chi connectivity index (χ1n) is 10.7. The number of aromatic nitrogens is 1. The summed E-state index contributed by atoms with van der Waals surface area (Å²) in [5.41, 5.74) is 1.92. The summed E-state index contributed by atoms with van der Waals surface area (Å²) in [5.74, 6) is -0.234. The number of para-hydroxylation sites is 2. The zero-order valence-corrected chi connectivity index (χ0v) is 18.3. The number of fused-ring (bicyclic) bond motifs is 3. The first-order chi connectivity index (χ1) is 16.1.